The van der Waals surface area contributed by atoms with Gasteiger partial charge in [-0.3, -0.25) is 9.69 Å². The Labute approximate surface area is 183 Å². The summed E-state index contributed by atoms with van der Waals surface area (Å²) in [6.07, 6.45) is 4.09. The number of ether oxygens (including phenoxy) is 2. The Bertz CT molecular complexity index is 903. The Morgan fingerprint density at radius 1 is 1.10 bits per heavy atom. The summed E-state index contributed by atoms with van der Waals surface area (Å²) in [5.74, 6) is 1.82. The SMILES string of the molecule is C[C@H]1[C@H](NC(=O)c2ccc(Oc3ncccc3N3CCOCC3)cc2)C2CCN1CC2. The molecule has 4 aliphatic rings. The molecule has 0 unspecified atom stereocenters. The lowest BCUT2D eigenvalue weighted by atomic mass is 9.79. The molecule has 6 rings (SSSR count). The average Bonchev–Trinajstić information content (AvgIpc) is 2.83. The van der Waals surface area contributed by atoms with E-state index in [1.165, 1.54) is 12.8 Å². The summed E-state index contributed by atoms with van der Waals surface area (Å²) in [7, 11) is 0. The molecular weight excluding hydrogens is 392 g/mol. The number of morpholine rings is 1. The van der Waals surface area contributed by atoms with Crippen molar-refractivity contribution < 1.29 is 14.3 Å². The molecule has 4 aliphatic heterocycles. The number of rotatable bonds is 5. The van der Waals surface area contributed by atoms with Gasteiger partial charge in [0.1, 0.15) is 11.4 Å². The van der Waals surface area contributed by atoms with Gasteiger partial charge in [0.05, 0.1) is 13.2 Å². The van der Waals surface area contributed by atoms with E-state index in [1.807, 2.05) is 36.4 Å². The third-order valence-electron chi connectivity index (χ3n) is 6.91. The van der Waals surface area contributed by atoms with Crippen LogP contribution in [0.4, 0.5) is 5.69 Å². The topological polar surface area (TPSA) is 66.9 Å². The molecule has 0 aliphatic carbocycles. The highest BCUT2D eigenvalue weighted by molar-refractivity contribution is 5.94. The number of benzene rings is 1. The summed E-state index contributed by atoms with van der Waals surface area (Å²) in [5, 5.41) is 3.29. The number of hydrogen-bond acceptors (Lipinski definition) is 6. The third kappa shape index (κ3) is 4.25. The molecule has 31 heavy (non-hydrogen) atoms. The van der Waals surface area contributed by atoms with Crippen LogP contribution in [0.3, 0.4) is 0 Å². The van der Waals surface area contributed by atoms with E-state index in [9.17, 15) is 4.79 Å². The van der Waals surface area contributed by atoms with Crippen LogP contribution in [-0.4, -0.2) is 67.3 Å². The first kappa shape index (κ1) is 20.3. The van der Waals surface area contributed by atoms with Crippen LogP contribution in [0, 0.1) is 5.92 Å². The molecule has 1 N–H and O–H groups in total. The lowest BCUT2D eigenvalue weighted by molar-refractivity contribution is 0.0217. The van der Waals surface area contributed by atoms with Gasteiger partial charge in [0.2, 0.25) is 5.88 Å². The number of hydrogen-bond donors (Lipinski definition) is 1. The van der Waals surface area contributed by atoms with Crippen molar-refractivity contribution in [2.75, 3.05) is 44.3 Å². The fraction of sp³-hybridized carbons (Fsp3) is 0.500. The first-order valence-electron chi connectivity index (χ1n) is 11.3. The Hall–Kier alpha value is -2.64. The number of nitrogens with zero attached hydrogens (tertiary/aromatic N) is 3. The fourth-order valence-corrected chi connectivity index (χ4v) is 5.07. The van der Waals surface area contributed by atoms with E-state index < -0.39 is 0 Å². The molecule has 0 spiro atoms. The summed E-state index contributed by atoms with van der Waals surface area (Å²) in [4.78, 5) is 22.0. The Kier molecular flexibility index (Phi) is 5.78. The minimum atomic E-state index is -0.0102. The smallest absolute Gasteiger partial charge is 0.251 e. The summed E-state index contributed by atoms with van der Waals surface area (Å²) < 4.78 is 11.5. The number of carbonyl (C=O) groups excluding carboxylic acids is 1. The van der Waals surface area contributed by atoms with Crippen LogP contribution in [0.1, 0.15) is 30.1 Å². The van der Waals surface area contributed by atoms with Crippen molar-refractivity contribution in [3.63, 3.8) is 0 Å². The Morgan fingerprint density at radius 2 is 1.84 bits per heavy atom. The zero-order valence-corrected chi connectivity index (χ0v) is 18.0. The minimum absolute atomic E-state index is 0.0102. The van der Waals surface area contributed by atoms with Crippen molar-refractivity contribution in [1.29, 1.82) is 0 Å². The molecule has 2 aromatic rings. The monoisotopic (exact) mass is 422 g/mol. The van der Waals surface area contributed by atoms with Crippen molar-refractivity contribution in [2.24, 2.45) is 5.92 Å². The number of anilines is 1. The largest absolute Gasteiger partial charge is 0.437 e. The van der Waals surface area contributed by atoms with Crippen molar-refractivity contribution in [3.8, 4) is 11.6 Å². The second kappa shape index (κ2) is 8.85. The number of nitrogens with one attached hydrogen (secondary N) is 1. The first-order chi connectivity index (χ1) is 15.2. The van der Waals surface area contributed by atoms with Gasteiger partial charge in [0, 0.05) is 36.9 Å². The lowest BCUT2D eigenvalue weighted by Crippen LogP contribution is -2.62. The highest BCUT2D eigenvalue weighted by Crippen LogP contribution is 2.33. The highest BCUT2D eigenvalue weighted by Gasteiger charge is 2.40. The van der Waals surface area contributed by atoms with E-state index in [-0.39, 0.29) is 11.9 Å². The van der Waals surface area contributed by atoms with E-state index in [0.717, 1.165) is 31.9 Å². The lowest BCUT2D eigenvalue weighted by Gasteiger charge is -2.49. The van der Waals surface area contributed by atoms with Crippen molar-refractivity contribution in [1.82, 2.24) is 15.2 Å². The quantitative estimate of drug-likeness (QED) is 0.799. The van der Waals surface area contributed by atoms with Crippen LogP contribution in [-0.2, 0) is 4.74 Å². The molecule has 0 radical (unpaired) electrons. The number of aromatic nitrogens is 1. The van der Waals surface area contributed by atoms with E-state index in [2.05, 4.69) is 27.0 Å². The number of pyridine rings is 1. The van der Waals surface area contributed by atoms with Crippen molar-refractivity contribution in [3.05, 3.63) is 48.2 Å². The Balaban J connectivity index is 1.25. The minimum Gasteiger partial charge on any atom is -0.437 e. The maximum Gasteiger partial charge on any atom is 0.251 e. The van der Waals surface area contributed by atoms with Gasteiger partial charge in [0.25, 0.3) is 5.91 Å². The van der Waals surface area contributed by atoms with Gasteiger partial charge in [-0.1, -0.05) is 0 Å². The number of piperidine rings is 3. The second-order valence-electron chi connectivity index (χ2n) is 8.67. The molecule has 4 saturated heterocycles. The van der Waals surface area contributed by atoms with Crippen LogP contribution in [0.2, 0.25) is 0 Å². The van der Waals surface area contributed by atoms with Crippen LogP contribution < -0.4 is 15.0 Å². The van der Waals surface area contributed by atoms with E-state index in [0.29, 0.717) is 42.4 Å². The summed E-state index contributed by atoms with van der Waals surface area (Å²) in [6, 6.07) is 11.9. The molecule has 1 aromatic carbocycles. The summed E-state index contributed by atoms with van der Waals surface area (Å²) in [6.45, 7) is 7.59. The molecule has 0 saturated carbocycles. The van der Waals surface area contributed by atoms with Gasteiger partial charge in [-0.15, -0.1) is 0 Å². The maximum absolute atomic E-state index is 12.9. The molecule has 5 heterocycles. The molecule has 164 valence electrons. The summed E-state index contributed by atoms with van der Waals surface area (Å²) in [5.41, 5.74) is 1.62. The molecule has 2 bridgehead atoms. The van der Waals surface area contributed by atoms with Gasteiger partial charge >= 0.3 is 0 Å². The molecular formula is C24H30N4O3. The molecule has 4 fully saturated rings. The number of amides is 1. The zero-order valence-electron chi connectivity index (χ0n) is 18.0. The van der Waals surface area contributed by atoms with Gasteiger partial charge < -0.3 is 19.7 Å². The molecule has 7 nitrogen and oxygen atoms in total. The predicted octanol–water partition coefficient (Wildman–Crippen LogP) is 2.92. The zero-order chi connectivity index (χ0) is 21.2. The van der Waals surface area contributed by atoms with Gasteiger partial charge in [0.15, 0.2) is 0 Å². The molecule has 1 aromatic heterocycles. The molecule has 2 atom stereocenters. The number of fused-ring (bicyclic) bond motifs is 3. The maximum atomic E-state index is 12.9. The molecule has 7 heteroatoms. The number of carbonyl (C=O) groups is 1. The Morgan fingerprint density at radius 3 is 2.55 bits per heavy atom. The standard InChI is InChI=1S/C24H30N4O3/c1-17-22(18-8-11-27(17)12-9-18)26-23(29)19-4-6-20(7-5-19)31-24-21(3-2-10-25-24)28-13-15-30-16-14-28/h2-7,10,17-18,22H,8-9,11-16H2,1H3,(H,26,29)/t17-,22-/m0/s1. The summed E-state index contributed by atoms with van der Waals surface area (Å²) >= 11 is 0. The second-order valence-corrected chi connectivity index (χ2v) is 8.67. The van der Waals surface area contributed by atoms with E-state index >= 15 is 0 Å². The normalized spacial score (nSPS) is 27.7. The average molecular weight is 423 g/mol. The van der Waals surface area contributed by atoms with Gasteiger partial charge in [-0.05, 0) is 75.2 Å². The fourth-order valence-electron chi connectivity index (χ4n) is 5.07. The third-order valence-corrected chi connectivity index (χ3v) is 6.91. The highest BCUT2D eigenvalue weighted by atomic mass is 16.5. The van der Waals surface area contributed by atoms with Gasteiger partial charge in [-0.2, -0.15) is 0 Å². The van der Waals surface area contributed by atoms with Crippen LogP contribution >= 0.6 is 0 Å². The van der Waals surface area contributed by atoms with E-state index in [1.54, 1.807) is 6.20 Å². The van der Waals surface area contributed by atoms with Gasteiger partial charge in [-0.25, -0.2) is 4.98 Å². The van der Waals surface area contributed by atoms with Crippen molar-refractivity contribution in [2.45, 2.75) is 31.8 Å². The van der Waals surface area contributed by atoms with E-state index in [4.69, 9.17) is 9.47 Å². The molecule has 1 amide bonds. The van der Waals surface area contributed by atoms with Crippen LogP contribution in [0.5, 0.6) is 11.6 Å². The predicted molar refractivity (Wildman–Crippen MR) is 119 cm³/mol. The van der Waals surface area contributed by atoms with Crippen LogP contribution in [0.25, 0.3) is 0 Å². The van der Waals surface area contributed by atoms with Crippen molar-refractivity contribution >= 4 is 11.6 Å². The van der Waals surface area contributed by atoms with Crippen LogP contribution in [0.15, 0.2) is 42.6 Å². The first-order valence-corrected chi connectivity index (χ1v) is 11.3.